The van der Waals surface area contributed by atoms with Crippen molar-refractivity contribution in [1.82, 2.24) is 15.2 Å². The highest BCUT2D eigenvalue weighted by molar-refractivity contribution is 8.16. The van der Waals surface area contributed by atoms with Crippen LogP contribution in [0.25, 0.3) is 0 Å². The SMILES string of the molecule is COCCOC(=O)C1=C(C)N=C2SC=C(CC(=O)NCc3ccncc3)N2C1c1ccc(C)cc1C. The number of aliphatic imine (C=N–C) groups is 1. The Kier molecular flexibility index (Phi) is 8.22. The minimum absolute atomic E-state index is 0.116. The number of benzene rings is 1. The molecule has 188 valence electrons. The number of nitrogens with one attached hydrogen (secondary N) is 1. The molecule has 0 fully saturated rings. The smallest absolute Gasteiger partial charge is 0.338 e. The summed E-state index contributed by atoms with van der Waals surface area (Å²) in [5, 5.41) is 5.65. The van der Waals surface area contributed by atoms with Crippen LogP contribution in [0, 0.1) is 13.8 Å². The minimum atomic E-state index is -0.456. The number of methoxy groups -OCH3 is 1. The Morgan fingerprint density at radius 3 is 2.61 bits per heavy atom. The largest absolute Gasteiger partial charge is 0.460 e. The fraction of sp³-hybridized carbons (Fsp3) is 0.333. The highest BCUT2D eigenvalue weighted by Gasteiger charge is 2.41. The van der Waals surface area contributed by atoms with Crippen molar-refractivity contribution in [2.45, 2.75) is 39.8 Å². The maximum atomic E-state index is 13.3. The van der Waals surface area contributed by atoms with E-state index in [-0.39, 0.29) is 18.9 Å². The summed E-state index contributed by atoms with van der Waals surface area (Å²) < 4.78 is 10.6. The quantitative estimate of drug-likeness (QED) is 0.403. The maximum absolute atomic E-state index is 13.3. The molecule has 36 heavy (non-hydrogen) atoms. The van der Waals surface area contributed by atoms with Crippen LogP contribution in [0.3, 0.4) is 0 Å². The Bertz CT molecular complexity index is 1240. The molecule has 4 rings (SSSR count). The van der Waals surface area contributed by atoms with Crippen molar-refractivity contribution in [2.24, 2.45) is 4.99 Å². The van der Waals surface area contributed by atoms with Gasteiger partial charge in [-0.05, 0) is 55.0 Å². The number of esters is 1. The van der Waals surface area contributed by atoms with Crippen molar-refractivity contribution in [1.29, 1.82) is 0 Å². The van der Waals surface area contributed by atoms with E-state index in [4.69, 9.17) is 14.5 Å². The number of nitrogens with zero attached hydrogens (tertiary/aromatic N) is 3. The fourth-order valence-electron chi connectivity index (χ4n) is 4.28. The third kappa shape index (κ3) is 5.68. The number of pyridine rings is 1. The number of amidine groups is 1. The molecule has 1 aromatic heterocycles. The number of hydrogen-bond acceptors (Lipinski definition) is 8. The average Bonchev–Trinajstić information content (AvgIpc) is 3.24. The predicted octanol–water partition coefficient (Wildman–Crippen LogP) is 4.17. The summed E-state index contributed by atoms with van der Waals surface area (Å²) in [6.45, 7) is 6.77. The topological polar surface area (TPSA) is 93.1 Å². The molecule has 0 spiro atoms. The molecule has 1 unspecified atom stereocenters. The molecule has 1 amide bonds. The van der Waals surface area contributed by atoms with E-state index in [0.717, 1.165) is 33.1 Å². The summed E-state index contributed by atoms with van der Waals surface area (Å²) in [6, 6.07) is 9.44. The van der Waals surface area contributed by atoms with Crippen LogP contribution in [0.1, 0.15) is 41.6 Å². The van der Waals surface area contributed by atoms with Crippen molar-refractivity contribution >= 4 is 28.8 Å². The zero-order valence-corrected chi connectivity index (χ0v) is 21.7. The average molecular weight is 507 g/mol. The number of allylic oxidation sites excluding steroid dienone is 1. The standard InChI is InChI=1S/C27H30N4O4S/c1-17-5-6-22(18(2)13-17)25-24(26(33)35-12-11-34-4)19(3)30-27-31(25)21(16-36-27)14-23(32)29-15-20-7-9-28-10-8-20/h5-10,13,16,25H,11-12,14-15H2,1-4H3,(H,29,32). The van der Waals surface area contributed by atoms with Gasteiger partial charge in [0.15, 0.2) is 5.17 Å². The molecule has 1 N–H and O–H groups in total. The van der Waals surface area contributed by atoms with Crippen LogP contribution in [-0.2, 0) is 25.6 Å². The number of aryl methyl sites for hydroxylation is 2. The van der Waals surface area contributed by atoms with Crippen LogP contribution in [0.4, 0.5) is 0 Å². The van der Waals surface area contributed by atoms with Gasteiger partial charge < -0.3 is 19.7 Å². The lowest BCUT2D eigenvalue weighted by atomic mass is 9.90. The number of thioether (sulfide) groups is 1. The van der Waals surface area contributed by atoms with Gasteiger partial charge in [-0.3, -0.25) is 9.78 Å². The predicted molar refractivity (Wildman–Crippen MR) is 140 cm³/mol. The first-order valence-electron chi connectivity index (χ1n) is 11.7. The molecule has 0 saturated carbocycles. The van der Waals surface area contributed by atoms with Crippen molar-refractivity contribution < 1.29 is 19.1 Å². The third-order valence-electron chi connectivity index (χ3n) is 6.04. The Labute approximate surface area is 215 Å². The van der Waals surface area contributed by atoms with E-state index in [0.29, 0.717) is 24.4 Å². The molecule has 0 aliphatic carbocycles. The van der Waals surface area contributed by atoms with Crippen LogP contribution >= 0.6 is 11.8 Å². The normalized spacial score (nSPS) is 16.9. The first-order chi connectivity index (χ1) is 17.4. The summed E-state index contributed by atoms with van der Waals surface area (Å²) in [5.74, 6) is -0.550. The molecular weight excluding hydrogens is 476 g/mol. The number of carbonyl (C=O) groups excluding carboxylic acids is 2. The Hall–Kier alpha value is -3.43. The highest BCUT2D eigenvalue weighted by atomic mass is 32.2. The lowest BCUT2D eigenvalue weighted by Gasteiger charge is -2.37. The van der Waals surface area contributed by atoms with E-state index in [1.807, 2.05) is 55.3 Å². The molecule has 1 aromatic carbocycles. The zero-order valence-electron chi connectivity index (χ0n) is 20.9. The number of carbonyl (C=O) groups is 2. The van der Waals surface area contributed by atoms with Gasteiger partial charge in [-0.25, -0.2) is 9.79 Å². The van der Waals surface area contributed by atoms with Gasteiger partial charge in [-0.1, -0.05) is 35.5 Å². The van der Waals surface area contributed by atoms with Gasteiger partial charge in [0.25, 0.3) is 0 Å². The van der Waals surface area contributed by atoms with E-state index in [9.17, 15) is 9.59 Å². The number of fused-ring (bicyclic) bond motifs is 1. The Morgan fingerprint density at radius 1 is 1.11 bits per heavy atom. The summed E-state index contributed by atoms with van der Waals surface area (Å²) in [6.07, 6.45) is 3.55. The van der Waals surface area contributed by atoms with Gasteiger partial charge >= 0.3 is 5.97 Å². The van der Waals surface area contributed by atoms with Crippen LogP contribution < -0.4 is 5.32 Å². The van der Waals surface area contributed by atoms with Crippen LogP contribution in [0.15, 0.2) is 70.1 Å². The monoisotopic (exact) mass is 506 g/mol. The second-order valence-corrected chi connectivity index (χ2v) is 9.53. The van der Waals surface area contributed by atoms with Gasteiger partial charge in [-0.2, -0.15) is 0 Å². The van der Waals surface area contributed by atoms with Gasteiger partial charge in [0.2, 0.25) is 5.91 Å². The van der Waals surface area contributed by atoms with Crippen LogP contribution in [-0.4, -0.2) is 47.3 Å². The molecular formula is C27H30N4O4S. The Balaban J connectivity index is 1.62. The second kappa shape index (κ2) is 11.5. The first-order valence-corrected chi connectivity index (χ1v) is 12.6. The number of hydrogen-bond donors (Lipinski definition) is 1. The van der Waals surface area contributed by atoms with E-state index >= 15 is 0 Å². The number of aromatic nitrogens is 1. The number of rotatable bonds is 9. The fourth-order valence-corrected chi connectivity index (χ4v) is 5.25. The number of ether oxygens (including phenoxy) is 2. The van der Waals surface area contributed by atoms with Gasteiger partial charge in [0.05, 0.1) is 30.3 Å². The van der Waals surface area contributed by atoms with E-state index in [1.165, 1.54) is 11.8 Å². The van der Waals surface area contributed by atoms with Crippen LogP contribution in [0.5, 0.6) is 0 Å². The van der Waals surface area contributed by atoms with Gasteiger partial charge in [0.1, 0.15) is 6.61 Å². The molecule has 0 radical (unpaired) electrons. The molecule has 8 nitrogen and oxygen atoms in total. The lowest BCUT2D eigenvalue weighted by Crippen LogP contribution is -2.38. The maximum Gasteiger partial charge on any atom is 0.338 e. The zero-order chi connectivity index (χ0) is 25.7. The van der Waals surface area contributed by atoms with Crippen molar-refractivity contribution in [3.63, 3.8) is 0 Å². The summed E-state index contributed by atoms with van der Waals surface area (Å²) in [4.78, 5) is 36.9. The minimum Gasteiger partial charge on any atom is -0.460 e. The van der Waals surface area contributed by atoms with E-state index < -0.39 is 12.0 Å². The third-order valence-corrected chi connectivity index (χ3v) is 6.93. The molecule has 0 saturated heterocycles. The Morgan fingerprint density at radius 2 is 1.89 bits per heavy atom. The molecule has 3 heterocycles. The summed E-state index contributed by atoms with van der Waals surface area (Å²) >= 11 is 1.46. The molecule has 2 aliphatic rings. The molecule has 2 aromatic rings. The summed E-state index contributed by atoms with van der Waals surface area (Å²) in [5.41, 5.74) is 5.98. The first kappa shape index (κ1) is 25.7. The molecule has 2 aliphatic heterocycles. The lowest BCUT2D eigenvalue weighted by molar-refractivity contribution is -0.141. The van der Waals surface area contributed by atoms with Crippen LogP contribution in [0.2, 0.25) is 0 Å². The molecule has 9 heteroatoms. The van der Waals surface area contributed by atoms with Gasteiger partial charge in [-0.15, -0.1) is 0 Å². The van der Waals surface area contributed by atoms with Gasteiger partial charge in [0, 0.05) is 31.7 Å². The van der Waals surface area contributed by atoms with Crippen molar-refractivity contribution in [3.8, 4) is 0 Å². The van der Waals surface area contributed by atoms with Crippen molar-refractivity contribution in [3.05, 3.63) is 87.4 Å². The summed E-state index contributed by atoms with van der Waals surface area (Å²) in [7, 11) is 1.56. The van der Waals surface area contributed by atoms with E-state index in [1.54, 1.807) is 19.5 Å². The van der Waals surface area contributed by atoms with E-state index in [2.05, 4.69) is 16.4 Å². The molecule has 0 bridgehead atoms. The molecule has 1 atom stereocenters. The number of amides is 1. The van der Waals surface area contributed by atoms with Crippen molar-refractivity contribution in [2.75, 3.05) is 20.3 Å². The highest BCUT2D eigenvalue weighted by Crippen LogP contribution is 2.45. The second-order valence-electron chi connectivity index (χ2n) is 8.69.